The van der Waals surface area contributed by atoms with Gasteiger partial charge >= 0.3 is 0 Å². The molecule has 1 aliphatic rings. The van der Waals surface area contributed by atoms with Crippen molar-refractivity contribution in [3.8, 4) is 0 Å². The molecule has 3 heterocycles. The van der Waals surface area contributed by atoms with Crippen LogP contribution in [0.15, 0.2) is 18.2 Å². The van der Waals surface area contributed by atoms with Crippen LogP contribution in [-0.4, -0.2) is 60.2 Å². The van der Waals surface area contributed by atoms with E-state index in [9.17, 15) is 4.79 Å². The third-order valence-electron chi connectivity index (χ3n) is 5.23. The highest BCUT2D eigenvalue weighted by atomic mass is 32.1. The van der Waals surface area contributed by atoms with Crippen molar-refractivity contribution in [2.75, 3.05) is 38.7 Å². The van der Waals surface area contributed by atoms with Crippen LogP contribution in [0, 0.1) is 13.8 Å². The largest absolute Gasteiger partial charge is 0.383 e. The minimum absolute atomic E-state index is 0.0369. The highest BCUT2D eigenvalue weighted by Crippen LogP contribution is 2.29. The van der Waals surface area contributed by atoms with Gasteiger partial charge in [0.2, 0.25) is 5.91 Å². The van der Waals surface area contributed by atoms with Gasteiger partial charge < -0.3 is 15.4 Å². The van der Waals surface area contributed by atoms with Crippen molar-refractivity contribution in [2.45, 2.75) is 45.6 Å². The van der Waals surface area contributed by atoms with Gasteiger partial charge in [-0.3, -0.25) is 9.69 Å². The van der Waals surface area contributed by atoms with Crippen molar-refractivity contribution in [1.82, 2.24) is 20.2 Å². The number of pyridine rings is 1. The Labute approximate surface area is 176 Å². The predicted octanol–water partition coefficient (Wildman–Crippen LogP) is 3.23. The van der Waals surface area contributed by atoms with Gasteiger partial charge in [0, 0.05) is 29.6 Å². The molecule has 2 N–H and O–H groups in total. The molecule has 1 fully saturated rings. The second-order valence-electron chi connectivity index (χ2n) is 7.71. The van der Waals surface area contributed by atoms with E-state index in [1.54, 1.807) is 18.4 Å². The molecule has 158 valence electrons. The van der Waals surface area contributed by atoms with Crippen LogP contribution in [0.4, 0.5) is 10.9 Å². The minimum Gasteiger partial charge on any atom is -0.383 e. The molecular formula is C21H31N5O2S. The normalized spacial score (nSPS) is 16.6. The van der Waals surface area contributed by atoms with Crippen molar-refractivity contribution in [3.63, 3.8) is 0 Å². The third-order valence-corrected chi connectivity index (χ3v) is 6.22. The number of nitrogens with zero attached hydrogens (tertiary/aromatic N) is 3. The summed E-state index contributed by atoms with van der Waals surface area (Å²) in [7, 11) is 1.64. The van der Waals surface area contributed by atoms with Gasteiger partial charge in [0.25, 0.3) is 0 Å². The fourth-order valence-electron chi connectivity index (χ4n) is 3.59. The second-order valence-corrected chi connectivity index (χ2v) is 8.91. The molecule has 0 radical (unpaired) electrons. The number of anilines is 2. The average Bonchev–Trinajstić information content (AvgIpc) is 2.99. The van der Waals surface area contributed by atoms with Gasteiger partial charge in [0.05, 0.1) is 18.8 Å². The van der Waals surface area contributed by atoms with E-state index in [1.165, 1.54) is 4.88 Å². The van der Waals surface area contributed by atoms with E-state index in [-0.39, 0.29) is 11.9 Å². The average molecular weight is 418 g/mol. The lowest BCUT2D eigenvalue weighted by molar-refractivity contribution is -0.123. The molecule has 0 bridgehead atoms. The molecule has 7 nitrogen and oxygen atoms in total. The Morgan fingerprint density at radius 1 is 1.31 bits per heavy atom. The van der Waals surface area contributed by atoms with Crippen molar-refractivity contribution in [1.29, 1.82) is 0 Å². The zero-order chi connectivity index (χ0) is 20.8. The topological polar surface area (TPSA) is 79.4 Å². The lowest BCUT2D eigenvalue weighted by atomic mass is 9.93. The Bertz CT molecular complexity index is 798. The van der Waals surface area contributed by atoms with E-state index in [0.717, 1.165) is 48.3 Å². The summed E-state index contributed by atoms with van der Waals surface area (Å²) in [6.45, 7) is 8.83. The van der Waals surface area contributed by atoms with Crippen molar-refractivity contribution >= 4 is 28.2 Å². The highest BCUT2D eigenvalue weighted by molar-refractivity contribution is 7.15. The van der Waals surface area contributed by atoms with Gasteiger partial charge in [-0.1, -0.05) is 6.07 Å². The monoisotopic (exact) mass is 417 g/mol. The van der Waals surface area contributed by atoms with E-state index in [1.807, 2.05) is 19.9 Å². The van der Waals surface area contributed by atoms with Crippen LogP contribution in [0.3, 0.4) is 0 Å². The van der Waals surface area contributed by atoms with E-state index in [4.69, 9.17) is 9.72 Å². The third kappa shape index (κ3) is 6.22. The van der Waals surface area contributed by atoms with Crippen LogP contribution in [0.25, 0.3) is 0 Å². The Hall–Kier alpha value is -2.03. The Morgan fingerprint density at radius 3 is 2.72 bits per heavy atom. The maximum atomic E-state index is 12.2. The predicted molar refractivity (Wildman–Crippen MR) is 117 cm³/mol. The summed E-state index contributed by atoms with van der Waals surface area (Å²) in [5.74, 6) is 1.32. The van der Waals surface area contributed by atoms with Crippen molar-refractivity contribution < 1.29 is 9.53 Å². The zero-order valence-electron chi connectivity index (χ0n) is 17.7. The molecule has 0 unspecified atom stereocenters. The van der Waals surface area contributed by atoms with E-state index >= 15 is 0 Å². The number of carbonyl (C=O) groups excluding carboxylic acids is 1. The van der Waals surface area contributed by atoms with Crippen LogP contribution in [0.5, 0.6) is 0 Å². The molecule has 29 heavy (non-hydrogen) atoms. The molecule has 2 aromatic rings. The number of methoxy groups -OCH3 is 1. The summed E-state index contributed by atoms with van der Waals surface area (Å²) < 4.78 is 5.07. The number of amides is 1. The summed E-state index contributed by atoms with van der Waals surface area (Å²) >= 11 is 1.65. The molecule has 3 rings (SSSR count). The number of hydrogen-bond donors (Lipinski definition) is 2. The van der Waals surface area contributed by atoms with Gasteiger partial charge in [0.15, 0.2) is 5.13 Å². The Morgan fingerprint density at radius 2 is 2.07 bits per heavy atom. The minimum atomic E-state index is 0.0369. The molecule has 0 aromatic carbocycles. The summed E-state index contributed by atoms with van der Waals surface area (Å²) in [5, 5.41) is 7.19. The molecule has 0 spiro atoms. The molecule has 1 aliphatic heterocycles. The van der Waals surface area contributed by atoms with Gasteiger partial charge in [0.1, 0.15) is 5.82 Å². The maximum Gasteiger partial charge on any atom is 0.234 e. The first-order valence-electron chi connectivity index (χ1n) is 10.1. The summed E-state index contributed by atoms with van der Waals surface area (Å²) in [5.41, 5.74) is 2.17. The number of piperidine rings is 1. The molecular weight excluding hydrogens is 386 g/mol. The van der Waals surface area contributed by atoms with E-state index < -0.39 is 0 Å². The number of nitrogens with one attached hydrogen (secondary N) is 2. The number of ether oxygens (including phenoxy) is 1. The standard InChI is InChI=1S/C21H31N5O2S/c1-14(13-28-4)22-20(27)12-26-10-8-17(9-11-26)18-6-5-7-19(24-18)25-21-23-15(2)16(3)29-21/h5-7,14,17H,8-13H2,1-4H3,(H,22,27)(H,23,24,25)/t14-/m1/s1. The summed E-state index contributed by atoms with van der Waals surface area (Å²) in [4.78, 5) is 24.9. The van der Waals surface area contributed by atoms with Crippen LogP contribution >= 0.6 is 11.3 Å². The first-order valence-corrected chi connectivity index (χ1v) is 10.9. The van der Waals surface area contributed by atoms with E-state index in [2.05, 4.69) is 39.6 Å². The van der Waals surface area contributed by atoms with Crippen LogP contribution in [0.1, 0.15) is 41.9 Å². The molecule has 2 aromatic heterocycles. The molecule has 1 saturated heterocycles. The number of thiazole rings is 1. The molecule has 1 amide bonds. The number of carbonyl (C=O) groups is 1. The Balaban J connectivity index is 1.51. The number of aryl methyl sites for hydroxylation is 2. The fraction of sp³-hybridized carbons (Fsp3) is 0.571. The zero-order valence-corrected chi connectivity index (χ0v) is 18.5. The van der Waals surface area contributed by atoms with Gasteiger partial charge in [-0.2, -0.15) is 0 Å². The fourth-order valence-corrected chi connectivity index (χ4v) is 4.41. The molecule has 8 heteroatoms. The quantitative estimate of drug-likeness (QED) is 0.687. The van der Waals surface area contributed by atoms with Crippen molar-refractivity contribution in [3.05, 3.63) is 34.5 Å². The number of hydrogen-bond acceptors (Lipinski definition) is 7. The first kappa shape index (κ1) is 21.7. The summed E-state index contributed by atoms with van der Waals surface area (Å²) in [6.07, 6.45) is 2.01. The number of aromatic nitrogens is 2. The van der Waals surface area contributed by atoms with Gasteiger partial charge in [-0.25, -0.2) is 9.97 Å². The number of likely N-dealkylation sites (tertiary alicyclic amines) is 1. The highest BCUT2D eigenvalue weighted by Gasteiger charge is 2.23. The van der Waals surface area contributed by atoms with Gasteiger partial charge in [-0.15, -0.1) is 11.3 Å². The smallest absolute Gasteiger partial charge is 0.234 e. The van der Waals surface area contributed by atoms with Crippen molar-refractivity contribution in [2.24, 2.45) is 0 Å². The number of rotatable bonds is 8. The first-order chi connectivity index (χ1) is 13.9. The molecule has 0 aliphatic carbocycles. The molecule has 1 atom stereocenters. The van der Waals surface area contributed by atoms with Crippen LogP contribution in [-0.2, 0) is 9.53 Å². The lowest BCUT2D eigenvalue weighted by Crippen LogP contribution is -2.44. The Kier molecular flexibility index (Phi) is 7.57. The van der Waals surface area contributed by atoms with Gasteiger partial charge in [-0.05, 0) is 58.8 Å². The summed E-state index contributed by atoms with van der Waals surface area (Å²) in [6, 6.07) is 6.17. The molecule has 0 saturated carbocycles. The van der Waals surface area contributed by atoms with E-state index in [0.29, 0.717) is 19.1 Å². The van der Waals surface area contributed by atoms with Crippen LogP contribution in [0.2, 0.25) is 0 Å². The SMILES string of the molecule is COC[C@@H](C)NC(=O)CN1CCC(c2cccc(Nc3nc(C)c(C)s3)n2)CC1. The second kappa shape index (κ2) is 10.1. The van der Waals surface area contributed by atoms with Crippen LogP contribution < -0.4 is 10.6 Å². The maximum absolute atomic E-state index is 12.2. The lowest BCUT2D eigenvalue weighted by Gasteiger charge is -2.31.